The molecular formula is C26H24Br2O5. The molecule has 0 aliphatic carbocycles. The van der Waals surface area contributed by atoms with E-state index in [1.54, 1.807) is 31.4 Å². The summed E-state index contributed by atoms with van der Waals surface area (Å²) in [7, 11) is 1.58. The molecule has 3 aromatic carbocycles. The number of hydrogen-bond acceptors (Lipinski definition) is 4. The van der Waals surface area contributed by atoms with Crippen molar-refractivity contribution in [3.05, 3.63) is 85.3 Å². The molecule has 0 saturated carbocycles. The minimum absolute atomic E-state index is 0.117. The SMILES string of the molecule is COc1cc(C(=O)c2ccccc2C)c(Oc2c(Br)cc(CC(=O)O)cc2Br)cc1C(C)C. The molecule has 1 N–H and O–H groups in total. The van der Waals surface area contributed by atoms with E-state index in [1.165, 1.54) is 0 Å². The van der Waals surface area contributed by atoms with Crippen molar-refractivity contribution in [1.82, 2.24) is 0 Å². The number of halogens is 2. The predicted octanol–water partition coefficient (Wildman–Crippen LogP) is 7.30. The van der Waals surface area contributed by atoms with Crippen LogP contribution in [0.4, 0.5) is 0 Å². The van der Waals surface area contributed by atoms with E-state index >= 15 is 0 Å². The van der Waals surface area contributed by atoms with Crippen LogP contribution in [0.1, 0.15) is 52.4 Å². The van der Waals surface area contributed by atoms with E-state index in [-0.39, 0.29) is 18.1 Å². The summed E-state index contributed by atoms with van der Waals surface area (Å²) in [6.07, 6.45) is -0.117. The summed E-state index contributed by atoms with van der Waals surface area (Å²) in [6, 6.07) is 14.3. The molecule has 7 heteroatoms. The zero-order valence-corrected chi connectivity index (χ0v) is 21.9. The number of aryl methyl sites for hydroxylation is 1. The quantitative estimate of drug-likeness (QED) is 0.285. The number of rotatable bonds is 8. The van der Waals surface area contributed by atoms with Crippen LogP contribution in [-0.4, -0.2) is 24.0 Å². The van der Waals surface area contributed by atoms with E-state index in [0.717, 1.165) is 11.1 Å². The maximum absolute atomic E-state index is 13.5. The van der Waals surface area contributed by atoms with Crippen molar-refractivity contribution in [3.8, 4) is 17.2 Å². The number of ether oxygens (including phenoxy) is 2. The van der Waals surface area contributed by atoms with Gasteiger partial charge in [-0.1, -0.05) is 38.1 Å². The van der Waals surface area contributed by atoms with Gasteiger partial charge in [0.05, 0.1) is 28.0 Å². The van der Waals surface area contributed by atoms with Gasteiger partial charge < -0.3 is 14.6 Å². The van der Waals surface area contributed by atoms with E-state index in [4.69, 9.17) is 14.6 Å². The standard InChI is InChI=1S/C26H24Br2O5/c1-14(2)18-12-23(33-26-20(27)9-16(10-21(26)28)11-24(29)30)19(13-22(18)32-4)25(31)17-8-6-5-7-15(17)3/h5-10,12-14H,11H2,1-4H3,(H,29,30). The summed E-state index contributed by atoms with van der Waals surface area (Å²) in [5.41, 5.74) is 3.34. The second-order valence-electron chi connectivity index (χ2n) is 7.95. The van der Waals surface area contributed by atoms with Crippen LogP contribution in [0, 0.1) is 6.92 Å². The highest BCUT2D eigenvalue weighted by molar-refractivity contribution is 9.11. The summed E-state index contributed by atoms with van der Waals surface area (Å²) < 4.78 is 13.0. The normalized spacial score (nSPS) is 10.9. The third-order valence-corrected chi connectivity index (χ3v) is 6.39. The van der Waals surface area contributed by atoms with Gasteiger partial charge in [0.2, 0.25) is 0 Å². The first-order valence-corrected chi connectivity index (χ1v) is 11.9. The predicted molar refractivity (Wildman–Crippen MR) is 135 cm³/mol. The molecule has 0 aromatic heterocycles. The molecule has 172 valence electrons. The first-order valence-electron chi connectivity index (χ1n) is 10.3. The van der Waals surface area contributed by atoms with Crippen molar-refractivity contribution in [2.45, 2.75) is 33.1 Å². The fraction of sp³-hybridized carbons (Fsp3) is 0.231. The first kappa shape index (κ1) is 25.0. The van der Waals surface area contributed by atoms with Crippen LogP contribution in [0.25, 0.3) is 0 Å². The third-order valence-electron chi connectivity index (χ3n) is 5.21. The van der Waals surface area contributed by atoms with Crippen molar-refractivity contribution in [3.63, 3.8) is 0 Å². The molecule has 0 aliphatic rings. The Kier molecular flexibility index (Phi) is 7.97. The minimum Gasteiger partial charge on any atom is -0.496 e. The Morgan fingerprint density at radius 2 is 1.61 bits per heavy atom. The average molecular weight is 576 g/mol. The van der Waals surface area contributed by atoms with Gasteiger partial charge in [0.15, 0.2) is 11.5 Å². The molecule has 0 unspecified atom stereocenters. The van der Waals surface area contributed by atoms with Gasteiger partial charge in [-0.15, -0.1) is 0 Å². The molecule has 0 aliphatic heterocycles. The second-order valence-corrected chi connectivity index (χ2v) is 9.66. The molecule has 0 amide bonds. The lowest BCUT2D eigenvalue weighted by Gasteiger charge is -2.19. The van der Waals surface area contributed by atoms with Crippen LogP contribution in [-0.2, 0) is 11.2 Å². The highest BCUT2D eigenvalue weighted by atomic mass is 79.9. The van der Waals surface area contributed by atoms with Crippen molar-refractivity contribution in [2.75, 3.05) is 7.11 Å². The molecular weight excluding hydrogens is 552 g/mol. The summed E-state index contributed by atoms with van der Waals surface area (Å²) in [4.78, 5) is 24.6. The van der Waals surface area contributed by atoms with Gasteiger partial charge >= 0.3 is 5.97 Å². The van der Waals surface area contributed by atoms with Crippen molar-refractivity contribution >= 4 is 43.6 Å². The molecule has 0 heterocycles. The number of hydrogen-bond donors (Lipinski definition) is 1. The summed E-state index contributed by atoms with van der Waals surface area (Å²) in [6.45, 7) is 5.97. The largest absolute Gasteiger partial charge is 0.496 e. The third kappa shape index (κ3) is 5.65. The maximum atomic E-state index is 13.5. The highest BCUT2D eigenvalue weighted by Crippen LogP contribution is 2.42. The maximum Gasteiger partial charge on any atom is 0.307 e. The molecule has 0 atom stereocenters. The summed E-state index contributed by atoms with van der Waals surface area (Å²) in [5.74, 6) is 0.485. The van der Waals surface area contributed by atoms with Crippen molar-refractivity contribution in [2.24, 2.45) is 0 Å². The monoisotopic (exact) mass is 574 g/mol. The summed E-state index contributed by atoms with van der Waals surface area (Å²) in [5, 5.41) is 9.10. The Morgan fingerprint density at radius 3 is 2.15 bits per heavy atom. The minimum atomic E-state index is -0.926. The molecule has 0 bridgehead atoms. The molecule has 0 radical (unpaired) electrons. The number of carboxylic acid groups (broad SMARTS) is 1. The van der Waals surface area contributed by atoms with E-state index in [9.17, 15) is 9.59 Å². The topological polar surface area (TPSA) is 72.8 Å². The lowest BCUT2D eigenvalue weighted by molar-refractivity contribution is -0.136. The average Bonchev–Trinajstić information content (AvgIpc) is 2.75. The lowest BCUT2D eigenvalue weighted by atomic mass is 9.94. The molecule has 33 heavy (non-hydrogen) atoms. The van der Waals surface area contributed by atoms with E-state index in [1.807, 2.05) is 45.0 Å². The second kappa shape index (κ2) is 10.5. The van der Waals surface area contributed by atoms with Crippen LogP contribution in [0.3, 0.4) is 0 Å². The summed E-state index contributed by atoms with van der Waals surface area (Å²) >= 11 is 6.96. The molecule has 0 fully saturated rings. The Labute approximate surface area is 210 Å². The Hall–Kier alpha value is -2.64. The number of carbonyl (C=O) groups is 2. The zero-order valence-electron chi connectivity index (χ0n) is 18.7. The molecule has 0 spiro atoms. The Balaban J connectivity index is 2.16. The van der Waals surface area contributed by atoms with Crippen molar-refractivity contribution < 1.29 is 24.2 Å². The van der Waals surface area contributed by atoms with E-state index in [2.05, 4.69) is 31.9 Å². The van der Waals surface area contributed by atoms with Crippen LogP contribution in [0.2, 0.25) is 0 Å². The zero-order chi connectivity index (χ0) is 24.3. The molecule has 3 rings (SSSR count). The number of aliphatic carboxylic acids is 1. The van der Waals surface area contributed by atoms with Gasteiger partial charge in [0.1, 0.15) is 11.5 Å². The van der Waals surface area contributed by atoms with Crippen LogP contribution < -0.4 is 9.47 Å². The Bertz CT molecular complexity index is 1190. The number of carboxylic acids is 1. The lowest BCUT2D eigenvalue weighted by Crippen LogP contribution is -2.08. The fourth-order valence-corrected chi connectivity index (χ4v) is 4.98. The van der Waals surface area contributed by atoms with Gasteiger partial charge in [-0.2, -0.15) is 0 Å². The van der Waals surface area contributed by atoms with Crippen LogP contribution in [0.5, 0.6) is 17.2 Å². The number of methoxy groups -OCH3 is 1. The van der Waals surface area contributed by atoms with Crippen LogP contribution >= 0.6 is 31.9 Å². The number of ketones is 1. The van der Waals surface area contributed by atoms with Gasteiger partial charge in [-0.25, -0.2) is 0 Å². The van der Waals surface area contributed by atoms with E-state index < -0.39 is 5.97 Å². The van der Waals surface area contributed by atoms with Crippen LogP contribution in [0.15, 0.2) is 57.5 Å². The molecule has 0 saturated heterocycles. The highest BCUT2D eigenvalue weighted by Gasteiger charge is 2.23. The number of benzene rings is 3. The van der Waals surface area contributed by atoms with Gasteiger partial charge in [-0.05, 0) is 80.1 Å². The van der Waals surface area contributed by atoms with Gasteiger partial charge in [0.25, 0.3) is 0 Å². The number of carbonyl (C=O) groups excluding carboxylic acids is 1. The van der Waals surface area contributed by atoms with Gasteiger partial charge in [0, 0.05) is 11.1 Å². The first-order chi connectivity index (χ1) is 15.6. The molecule has 3 aromatic rings. The van der Waals surface area contributed by atoms with Gasteiger partial charge in [-0.3, -0.25) is 9.59 Å². The van der Waals surface area contributed by atoms with Crippen molar-refractivity contribution in [1.29, 1.82) is 0 Å². The fourth-order valence-electron chi connectivity index (χ4n) is 3.53. The smallest absolute Gasteiger partial charge is 0.307 e. The molecule has 5 nitrogen and oxygen atoms in total. The Morgan fingerprint density at radius 1 is 0.970 bits per heavy atom. The van der Waals surface area contributed by atoms with E-state index in [0.29, 0.717) is 42.9 Å².